The number of halogens is 1. The van der Waals surface area contributed by atoms with E-state index in [0.29, 0.717) is 3.92 Å². The average Bonchev–Trinajstić information content (AvgIpc) is 3.03. The van der Waals surface area contributed by atoms with Gasteiger partial charge in [0.2, 0.25) is 0 Å². The van der Waals surface area contributed by atoms with Crippen LogP contribution in [0.1, 0.15) is 26.3 Å². The summed E-state index contributed by atoms with van der Waals surface area (Å²) >= 11 is -1.43. The van der Waals surface area contributed by atoms with E-state index in [4.69, 9.17) is 9.16 Å². The van der Waals surface area contributed by atoms with Crippen LogP contribution in [0.3, 0.4) is 0 Å². The first-order valence-electron chi connectivity index (χ1n) is 9.57. The first-order valence-corrected chi connectivity index (χ1v) is 17.4. The van der Waals surface area contributed by atoms with Gasteiger partial charge in [-0.1, -0.05) is 0 Å². The number of carbonyl (C=O) groups is 1. The maximum absolute atomic E-state index is 12.4. The van der Waals surface area contributed by atoms with Gasteiger partial charge in [0.1, 0.15) is 0 Å². The second-order valence-corrected chi connectivity index (χ2v) is 19.7. The number of benzene rings is 1. The van der Waals surface area contributed by atoms with Crippen LogP contribution in [0.15, 0.2) is 30.3 Å². The summed E-state index contributed by atoms with van der Waals surface area (Å²) in [5.74, 6) is -0.0519. The predicted octanol–water partition coefficient (Wildman–Crippen LogP) is 4.78. The van der Waals surface area contributed by atoms with Crippen LogP contribution in [0.2, 0.25) is 18.1 Å². The van der Waals surface area contributed by atoms with Crippen LogP contribution in [0, 0.1) is 5.92 Å². The van der Waals surface area contributed by atoms with Crippen LogP contribution in [0.4, 0.5) is 0 Å². The van der Waals surface area contributed by atoms with Crippen LogP contribution in [-0.2, 0) is 20.5 Å². The molecular formula is C21H36INO3Si-. The minimum atomic E-state index is -1.74. The summed E-state index contributed by atoms with van der Waals surface area (Å²) in [6.07, 6.45) is 0. The van der Waals surface area contributed by atoms with E-state index in [1.165, 1.54) is 12.7 Å². The molecule has 1 aromatic carbocycles. The van der Waals surface area contributed by atoms with Crippen molar-refractivity contribution in [3.8, 4) is 0 Å². The van der Waals surface area contributed by atoms with E-state index in [-0.39, 0.29) is 16.9 Å². The first kappa shape index (κ1) is 22.8. The second kappa shape index (κ2) is 9.37. The molecule has 1 heterocycles. The minimum absolute atomic E-state index is 0.00284. The van der Waals surface area contributed by atoms with E-state index in [1.807, 2.05) is 6.07 Å². The molecule has 1 saturated heterocycles. The van der Waals surface area contributed by atoms with Gasteiger partial charge in [-0.3, -0.25) is 0 Å². The Bertz CT molecular complexity index is 618. The Morgan fingerprint density at radius 2 is 1.85 bits per heavy atom. The molecule has 0 aliphatic carbocycles. The summed E-state index contributed by atoms with van der Waals surface area (Å²) in [7, 11) is -0.231. The van der Waals surface area contributed by atoms with Crippen LogP contribution >= 0.6 is 19.8 Å². The molecule has 0 saturated carbocycles. The van der Waals surface area contributed by atoms with Gasteiger partial charge in [-0.2, -0.15) is 0 Å². The summed E-state index contributed by atoms with van der Waals surface area (Å²) in [6.45, 7) is 14.1. The molecule has 0 amide bonds. The van der Waals surface area contributed by atoms with E-state index >= 15 is 0 Å². The van der Waals surface area contributed by atoms with Crippen molar-refractivity contribution < 1.29 is 14.0 Å². The van der Waals surface area contributed by atoms with Crippen LogP contribution in [0.25, 0.3) is 0 Å². The molecule has 6 heteroatoms. The van der Waals surface area contributed by atoms with Crippen molar-refractivity contribution in [3.05, 3.63) is 35.9 Å². The van der Waals surface area contributed by atoms with E-state index < -0.39 is 28.1 Å². The molecule has 155 valence electrons. The van der Waals surface area contributed by atoms with Gasteiger partial charge in [0.25, 0.3) is 0 Å². The molecule has 27 heavy (non-hydrogen) atoms. The third kappa shape index (κ3) is 6.02. The van der Waals surface area contributed by atoms with Gasteiger partial charge in [-0.15, -0.1) is 0 Å². The monoisotopic (exact) mass is 505 g/mol. The molecular weight excluding hydrogens is 469 g/mol. The predicted molar refractivity (Wildman–Crippen MR) is 124 cm³/mol. The number of carbonyl (C=O) groups excluding carboxylic acids is 1. The molecule has 4 nitrogen and oxygen atoms in total. The summed E-state index contributed by atoms with van der Waals surface area (Å²) in [4.78, 5) is 17.2. The van der Waals surface area contributed by atoms with Gasteiger partial charge in [0.15, 0.2) is 0 Å². The Balaban J connectivity index is 2.04. The van der Waals surface area contributed by atoms with Crippen molar-refractivity contribution in [1.82, 2.24) is 4.90 Å². The van der Waals surface area contributed by atoms with E-state index in [0.717, 1.165) is 24.2 Å². The van der Waals surface area contributed by atoms with Crippen molar-refractivity contribution in [1.29, 1.82) is 0 Å². The van der Waals surface area contributed by atoms with E-state index in [2.05, 4.69) is 68.0 Å². The zero-order valence-corrected chi connectivity index (χ0v) is 21.1. The molecule has 0 radical (unpaired) electrons. The third-order valence-corrected chi connectivity index (χ3v) is 16.3. The van der Waals surface area contributed by atoms with Crippen molar-refractivity contribution in [2.45, 2.75) is 49.4 Å². The van der Waals surface area contributed by atoms with Gasteiger partial charge < -0.3 is 0 Å². The Morgan fingerprint density at radius 3 is 2.41 bits per heavy atom. The van der Waals surface area contributed by atoms with Gasteiger partial charge in [-0.05, 0) is 0 Å². The number of nitrogens with zero attached hydrogens (tertiary/aromatic N) is 1. The fourth-order valence-electron chi connectivity index (χ4n) is 3.08. The first-order chi connectivity index (χ1) is 12.5. The molecule has 1 aliphatic rings. The molecule has 0 bridgehead atoms. The zero-order chi connectivity index (χ0) is 20.2. The van der Waals surface area contributed by atoms with Gasteiger partial charge in [0.05, 0.1) is 0 Å². The Hall–Kier alpha value is -0.443. The molecule has 0 aromatic heterocycles. The number of ether oxygens (including phenoxy) is 1. The fraction of sp³-hybridized carbons (Fsp3) is 0.667. The number of hydrogen-bond acceptors (Lipinski definition) is 4. The van der Waals surface area contributed by atoms with E-state index in [9.17, 15) is 4.79 Å². The number of esters is 1. The van der Waals surface area contributed by atoms with Gasteiger partial charge in [-0.25, -0.2) is 0 Å². The Kier molecular flexibility index (Phi) is 7.93. The summed E-state index contributed by atoms with van der Waals surface area (Å²) < 4.78 is 13.0. The molecule has 0 spiro atoms. The Labute approximate surface area is 173 Å². The summed E-state index contributed by atoms with van der Waals surface area (Å²) in [6, 6.07) is 10.5. The third-order valence-electron chi connectivity index (χ3n) is 5.95. The van der Waals surface area contributed by atoms with Crippen molar-refractivity contribution in [2.75, 3.05) is 29.7 Å². The average molecular weight is 506 g/mol. The Morgan fingerprint density at radius 1 is 1.22 bits per heavy atom. The SMILES string of the molecule is COC(=O)C1CN(Cc2ccccc2)CC1I(C)CO[Si-](C)(C)C(C)(C)C. The molecule has 1 fully saturated rings. The number of likely N-dealkylation sites (tertiary alicyclic amines) is 1. The van der Waals surface area contributed by atoms with Crippen molar-refractivity contribution >= 4 is 34.1 Å². The molecule has 2 atom stereocenters. The normalized spacial score (nSPS) is 22.0. The van der Waals surface area contributed by atoms with Crippen molar-refractivity contribution in [2.24, 2.45) is 5.92 Å². The quantitative estimate of drug-likeness (QED) is 0.232. The second-order valence-electron chi connectivity index (χ2n) is 8.98. The van der Waals surface area contributed by atoms with Gasteiger partial charge >= 0.3 is 174 Å². The van der Waals surface area contributed by atoms with Crippen LogP contribution in [-0.4, -0.2) is 52.9 Å². The molecule has 1 aromatic rings. The van der Waals surface area contributed by atoms with Crippen molar-refractivity contribution in [3.63, 3.8) is 0 Å². The summed E-state index contributed by atoms with van der Waals surface area (Å²) in [5, 5.41) is 0.223. The number of methoxy groups -OCH3 is 1. The molecule has 0 N–H and O–H groups in total. The number of rotatable bonds is 7. The number of hydrogen-bond donors (Lipinski definition) is 0. The van der Waals surface area contributed by atoms with Crippen LogP contribution < -0.4 is 0 Å². The topological polar surface area (TPSA) is 38.8 Å². The maximum atomic E-state index is 12.4. The molecule has 1 aliphatic heterocycles. The van der Waals surface area contributed by atoms with Gasteiger partial charge in [0, 0.05) is 0 Å². The molecule has 2 rings (SSSR count). The number of alkyl halides is 3. The van der Waals surface area contributed by atoms with Crippen LogP contribution in [0.5, 0.6) is 0 Å². The summed E-state index contributed by atoms with van der Waals surface area (Å²) in [5.41, 5.74) is 1.30. The van der Waals surface area contributed by atoms with E-state index in [1.54, 1.807) is 0 Å². The zero-order valence-electron chi connectivity index (χ0n) is 17.9. The standard InChI is InChI=1S/C21H36INO3Si/c1-21(2,3)27(6,7)26-16-22(4)19-15-23(14-18(19)20(24)25-5)13-17-11-9-8-10-12-17/h8-12,18-19H,13-16H2,1-7H3/q-1. The fourth-order valence-corrected chi connectivity index (χ4v) is 11.5. The molecule has 2 unspecified atom stereocenters.